The zero-order chi connectivity index (χ0) is 20.6. The summed E-state index contributed by atoms with van der Waals surface area (Å²) in [6.07, 6.45) is 0. The van der Waals surface area contributed by atoms with Crippen LogP contribution in [0.5, 0.6) is 0 Å². The van der Waals surface area contributed by atoms with Crippen molar-refractivity contribution in [2.75, 3.05) is 7.11 Å². The molecule has 3 rings (SSSR count). The number of hydrogen-bond donors (Lipinski definition) is 1. The Balaban J connectivity index is 1.79. The molecule has 0 aromatic carbocycles. The fraction of sp³-hybridized carbons (Fsp3) is 0.389. The Hall–Kier alpha value is -2.46. The Morgan fingerprint density at radius 2 is 1.93 bits per heavy atom. The van der Waals surface area contributed by atoms with Crippen LogP contribution in [0.15, 0.2) is 9.64 Å². The fourth-order valence-electron chi connectivity index (χ4n) is 2.89. The van der Waals surface area contributed by atoms with Crippen LogP contribution in [0.25, 0.3) is 10.8 Å². The lowest BCUT2D eigenvalue weighted by Crippen LogP contribution is -2.15. The van der Waals surface area contributed by atoms with Gasteiger partial charge < -0.3 is 14.1 Å². The molecule has 0 spiro atoms. The molecule has 28 heavy (non-hydrogen) atoms. The number of nitrogens with zero attached hydrogens (tertiary/aromatic N) is 3. The van der Waals surface area contributed by atoms with Crippen molar-refractivity contribution < 1.29 is 18.7 Å². The van der Waals surface area contributed by atoms with Crippen molar-refractivity contribution in [3.8, 4) is 10.8 Å². The van der Waals surface area contributed by atoms with Gasteiger partial charge in [-0.25, -0.2) is 9.78 Å². The van der Waals surface area contributed by atoms with Crippen LogP contribution in [-0.2, 0) is 4.74 Å². The van der Waals surface area contributed by atoms with Gasteiger partial charge in [-0.3, -0.25) is 4.79 Å². The van der Waals surface area contributed by atoms with Gasteiger partial charge in [-0.15, -0.1) is 21.5 Å². The monoisotopic (exact) mass is 420 g/mol. The van der Waals surface area contributed by atoms with E-state index in [0.717, 1.165) is 15.6 Å². The van der Waals surface area contributed by atoms with Gasteiger partial charge in [0.1, 0.15) is 4.88 Å². The first kappa shape index (κ1) is 20.3. The van der Waals surface area contributed by atoms with Crippen molar-refractivity contribution in [3.63, 3.8) is 0 Å². The van der Waals surface area contributed by atoms with Crippen LogP contribution in [0, 0.1) is 27.7 Å². The van der Waals surface area contributed by atoms with Gasteiger partial charge in [0.25, 0.3) is 11.1 Å². The SMILES string of the molecule is COC(=O)c1c(C)[nH]c(C(=O)C(C)Sc2nnc(-c3sc(C)nc3C)o2)c1C. The van der Waals surface area contributed by atoms with Crippen LogP contribution < -0.4 is 0 Å². The quantitative estimate of drug-likeness (QED) is 0.363. The van der Waals surface area contributed by atoms with Gasteiger partial charge in [-0.05, 0) is 40.2 Å². The van der Waals surface area contributed by atoms with E-state index in [1.165, 1.54) is 30.2 Å². The number of hydrogen-bond acceptors (Lipinski definition) is 9. The molecule has 148 valence electrons. The minimum atomic E-state index is -0.486. The summed E-state index contributed by atoms with van der Waals surface area (Å²) in [6, 6.07) is 0. The predicted octanol–water partition coefficient (Wildman–Crippen LogP) is 3.90. The number of carbonyl (C=O) groups is 2. The predicted molar refractivity (Wildman–Crippen MR) is 106 cm³/mol. The number of ether oxygens (including phenoxy) is 1. The molecule has 0 radical (unpaired) electrons. The maximum atomic E-state index is 12.9. The summed E-state index contributed by atoms with van der Waals surface area (Å²) in [4.78, 5) is 33.0. The molecule has 0 amide bonds. The zero-order valence-corrected chi connectivity index (χ0v) is 18.0. The van der Waals surface area contributed by atoms with Crippen molar-refractivity contribution in [1.82, 2.24) is 20.2 Å². The first-order valence-corrected chi connectivity index (χ1v) is 10.2. The minimum Gasteiger partial charge on any atom is -0.465 e. The van der Waals surface area contributed by atoms with Gasteiger partial charge in [0, 0.05) is 5.69 Å². The summed E-state index contributed by atoms with van der Waals surface area (Å²) in [6.45, 7) is 9.01. The Morgan fingerprint density at radius 1 is 1.21 bits per heavy atom. The maximum absolute atomic E-state index is 12.9. The fourth-order valence-corrected chi connectivity index (χ4v) is 4.48. The number of aromatic amines is 1. The van der Waals surface area contributed by atoms with Crippen LogP contribution in [0.4, 0.5) is 0 Å². The molecule has 10 heteroatoms. The topological polar surface area (TPSA) is 111 Å². The summed E-state index contributed by atoms with van der Waals surface area (Å²) in [5.74, 6) is -0.238. The van der Waals surface area contributed by atoms with Crippen LogP contribution in [0.3, 0.4) is 0 Å². The van der Waals surface area contributed by atoms with E-state index in [0.29, 0.717) is 33.6 Å². The van der Waals surface area contributed by atoms with Gasteiger partial charge in [0.15, 0.2) is 5.78 Å². The highest BCUT2D eigenvalue weighted by Crippen LogP contribution is 2.32. The Bertz CT molecular complexity index is 1050. The molecule has 3 aromatic heterocycles. The molecule has 0 fully saturated rings. The first-order chi connectivity index (χ1) is 13.2. The number of thioether (sulfide) groups is 1. The van der Waals surface area contributed by atoms with E-state index in [1.807, 2.05) is 13.8 Å². The van der Waals surface area contributed by atoms with Crippen molar-refractivity contribution in [2.45, 2.75) is 45.1 Å². The third kappa shape index (κ3) is 3.74. The molecular weight excluding hydrogens is 400 g/mol. The number of aryl methyl sites for hydroxylation is 3. The lowest BCUT2D eigenvalue weighted by molar-refractivity contribution is 0.0599. The molecule has 0 saturated heterocycles. The molecule has 8 nitrogen and oxygen atoms in total. The number of carbonyl (C=O) groups excluding carboxylic acids is 2. The van der Waals surface area contributed by atoms with E-state index < -0.39 is 11.2 Å². The molecule has 0 aliphatic rings. The van der Waals surface area contributed by atoms with E-state index in [1.54, 1.807) is 20.8 Å². The average molecular weight is 421 g/mol. The number of rotatable bonds is 6. The van der Waals surface area contributed by atoms with E-state index in [4.69, 9.17) is 9.15 Å². The van der Waals surface area contributed by atoms with Gasteiger partial charge in [0.2, 0.25) is 0 Å². The Labute approximate surface area is 170 Å². The standard InChI is InChI=1S/C18H20N4O4S2/c1-7-12(17(24)25-6)8(2)20-13(7)14(23)10(4)27-18-22-21-16(26-18)15-9(3)19-11(5)28-15/h10,20H,1-6H3. The van der Waals surface area contributed by atoms with Gasteiger partial charge in [-0.2, -0.15) is 0 Å². The molecule has 3 aromatic rings. The van der Waals surface area contributed by atoms with E-state index in [2.05, 4.69) is 20.2 Å². The Kier molecular flexibility index (Phi) is 5.71. The van der Waals surface area contributed by atoms with Crippen molar-refractivity contribution in [3.05, 3.63) is 33.2 Å². The van der Waals surface area contributed by atoms with E-state index in [9.17, 15) is 9.59 Å². The third-order valence-corrected chi connectivity index (χ3v) is 6.22. The second-order valence-corrected chi connectivity index (χ2v) is 8.76. The maximum Gasteiger partial charge on any atom is 0.339 e. The number of methoxy groups -OCH3 is 1. The first-order valence-electron chi connectivity index (χ1n) is 8.49. The van der Waals surface area contributed by atoms with Crippen LogP contribution in [0.1, 0.15) is 49.7 Å². The number of thiazole rings is 1. The molecule has 0 aliphatic heterocycles. The third-order valence-electron chi connectivity index (χ3n) is 4.22. The van der Waals surface area contributed by atoms with E-state index in [-0.39, 0.29) is 5.78 Å². The smallest absolute Gasteiger partial charge is 0.339 e. The van der Waals surface area contributed by atoms with Gasteiger partial charge in [-0.1, -0.05) is 11.8 Å². The molecule has 1 N–H and O–H groups in total. The number of esters is 1. The molecule has 1 atom stereocenters. The molecule has 0 aliphatic carbocycles. The van der Waals surface area contributed by atoms with Crippen molar-refractivity contribution >= 4 is 34.9 Å². The molecule has 1 unspecified atom stereocenters. The van der Waals surface area contributed by atoms with Crippen molar-refractivity contribution in [2.24, 2.45) is 0 Å². The summed E-state index contributed by atoms with van der Waals surface area (Å²) in [7, 11) is 1.31. The van der Waals surface area contributed by atoms with Crippen LogP contribution in [-0.4, -0.2) is 44.3 Å². The molecule has 0 saturated carbocycles. The summed E-state index contributed by atoms with van der Waals surface area (Å²) >= 11 is 2.65. The average Bonchev–Trinajstić information content (AvgIpc) is 3.31. The second-order valence-electron chi connectivity index (χ2n) is 6.26. The molecule has 3 heterocycles. The molecular formula is C18H20N4O4S2. The lowest BCUT2D eigenvalue weighted by Gasteiger charge is -2.07. The zero-order valence-electron chi connectivity index (χ0n) is 16.4. The van der Waals surface area contributed by atoms with Crippen LogP contribution >= 0.6 is 23.1 Å². The largest absolute Gasteiger partial charge is 0.465 e. The number of Topliss-reactive ketones (excluding diaryl/α,β-unsaturated/α-hetero) is 1. The summed E-state index contributed by atoms with van der Waals surface area (Å²) in [5.41, 5.74) is 2.77. The highest BCUT2D eigenvalue weighted by atomic mass is 32.2. The second kappa shape index (κ2) is 7.88. The van der Waals surface area contributed by atoms with Gasteiger partial charge >= 0.3 is 5.97 Å². The minimum absolute atomic E-state index is 0.162. The number of nitrogens with one attached hydrogen (secondary N) is 1. The number of ketones is 1. The normalized spacial score (nSPS) is 12.2. The lowest BCUT2D eigenvalue weighted by atomic mass is 10.1. The highest BCUT2D eigenvalue weighted by molar-refractivity contribution is 8.00. The summed E-state index contributed by atoms with van der Waals surface area (Å²) in [5, 5.41) is 8.84. The number of H-pyrrole nitrogens is 1. The highest BCUT2D eigenvalue weighted by Gasteiger charge is 2.27. The van der Waals surface area contributed by atoms with Crippen LogP contribution in [0.2, 0.25) is 0 Å². The van der Waals surface area contributed by atoms with Crippen molar-refractivity contribution in [1.29, 1.82) is 0 Å². The Morgan fingerprint density at radius 3 is 2.54 bits per heavy atom. The summed E-state index contributed by atoms with van der Waals surface area (Å²) < 4.78 is 10.5. The van der Waals surface area contributed by atoms with E-state index >= 15 is 0 Å². The number of aromatic nitrogens is 4. The molecule has 0 bridgehead atoms. The van der Waals surface area contributed by atoms with Gasteiger partial charge in [0.05, 0.1) is 34.3 Å².